The number of carbonyl (C=O) groups is 1. The van der Waals surface area contributed by atoms with Gasteiger partial charge in [0.2, 0.25) is 0 Å². The van der Waals surface area contributed by atoms with Gasteiger partial charge in [-0.25, -0.2) is 0 Å². The average Bonchev–Trinajstić information content (AvgIpc) is 2.64. The average molecular weight is 367 g/mol. The van der Waals surface area contributed by atoms with E-state index in [1.807, 2.05) is 0 Å². The summed E-state index contributed by atoms with van der Waals surface area (Å²) in [6, 6.07) is 5.94. The fourth-order valence-corrected chi connectivity index (χ4v) is 3.04. The zero-order valence-electron chi connectivity index (χ0n) is 14.2. The minimum Gasteiger partial charge on any atom is -0.379 e. The first-order chi connectivity index (χ1) is 12.5. The maximum Gasteiger partial charge on any atom is 0.417 e. The van der Waals surface area contributed by atoms with Gasteiger partial charge < -0.3 is 10.1 Å². The Balaban J connectivity index is 1.69. The van der Waals surface area contributed by atoms with Crippen LogP contribution in [0.15, 0.2) is 30.5 Å². The fourth-order valence-electron chi connectivity index (χ4n) is 3.04. The van der Waals surface area contributed by atoms with Gasteiger partial charge in [-0.05, 0) is 19.0 Å². The van der Waals surface area contributed by atoms with Crippen LogP contribution in [0, 0.1) is 0 Å². The van der Waals surface area contributed by atoms with Gasteiger partial charge in [0.15, 0.2) is 0 Å². The monoisotopic (exact) mass is 367 g/mol. The van der Waals surface area contributed by atoms with Gasteiger partial charge in [0.25, 0.3) is 5.91 Å². The molecule has 0 saturated carbocycles. The van der Waals surface area contributed by atoms with Crippen molar-refractivity contribution in [1.82, 2.24) is 15.2 Å². The smallest absolute Gasteiger partial charge is 0.379 e. The summed E-state index contributed by atoms with van der Waals surface area (Å²) in [5.74, 6) is -0.752. The van der Waals surface area contributed by atoms with Gasteiger partial charge in [0.05, 0.1) is 29.9 Å². The number of aromatic nitrogens is 1. The first-order valence-electron chi connectivity index (χ1n) is 8.50. The van der Waals surface area contributed by atoms with Gasteiger partial charge >= 0.3 is 6.18 Å². The van der Waals surface area contributed by atoms with Gasteiger partial charge in [-0.3, -0.25) is 14.7 Å². The van der Waals surface area contributed by atoms with Gasteiger partial charge in [-0.1, -0.05) is 18.2 Å². The molecule has 0 radical (unpaired) electrons. The van der Waals surface area contributed by atoms with Crippen molar-refractivity contribution >= 4 is 16.8 Å². The Kier molecular flexibility index (Phi) is 5.73. The van der Waals surface area contributed by atoms with Gasteiger partial charge in [-0.2, -0.15) is 13.2 Å². The quantitative estimate of drug-likeness (QED) is 0.826. The van der Waals surface area contributed by atoms with E-state index in [1.165, 1.54) is 18.2 Å². The number of benzene rings is 1. The topological polar surface area (TPSA) is 54.5 Å². The number of para-hydroxylation sites is 1. The van der Waals surface area contributed by atoms with Crippen molar-refractivity contribution in [3.63, 3.8) is 0 Å². The molecular weight excluding hydrogens is 347 g/mol. The number of hydrogen-bond donors (Lipinski definition) is 1. The van der Waals surface area contributed by atoms with Crippen molar-refractivity contribution in [3.05, 3.63) is 41.6 Å². The lowest BCUT2D eigenvalue weighted by Crippen LogP contribution is -2.38. The van der Waals surface area contributed by atoms with E-state index in [0.717, 1.165) is 25.8 Å². The van der Waals surface area contributed by atoms with Crippen LogP contribution < -0.4 is 5.32 Å². The highest BCUT2D eigenvalue weighted by Gasteiger charge is 2.37. The SMILES string of the molecule is O=C(NCCCN1CCOCC1)c1cnc2ccccc2c1C(F)(F)F. The van der Waals surface area contributed by atoms with Crippen LogP contribution in [0.5, 0.6) is 0 Å². The van der Waals surface area contributed by atoms with Gasteiger partial charge in [0, 0.05) is 31.2 Å². The van der Waals surface area contributed by atoms with E-state index < -0.39 is 23.2 Å². The van der Waals surface area contributed by atoms with Crippen molar-refractivity contribution in [2.75, 3.05) is 39.4 Å². The van der Waals surface area contributed by atoms with Crippen molar-refractivity contribution in [3.8, 4) is 0 Å². The number of alkyl halides is 3. The summed E-state index contributed by atoms with van der Waals surface area (Å²) >= 11 is 0. The molecule has 0 atom stereocenters. The van der Waals surface area contributed by atoms with Crippen LogP contribution in [0.1, 0.15) is 22.3 Å². The molecule has 1 aliphatic rings. The summed E-state index contributed by atoms with van der Waals surface area (Å²) in [4.78, 5) is 18.5. The molecule has 2 aromatic rings. The molecule has 8 heteroatoms. The summed E-state index contributed by atoms with van der Waals surface area (Å²) in [6.07, 6.45) is -2.97. The second-order valence-corrected chi connectivity index (χ2v) is 6.13. The van der Waals surface area contributed by atoms with Crippen LogP contribution in [0.3, 0.4) is 0 Å². The van der Waals surface area contributed by atoms with E-state index in [0.29, 0.717) is 26.2 Å². The number of halogens is 3. The molecule has 1 aromatic heterocycles. The van der Waals surface area contributed by atoms with Gasteiger partial charge in [0.1, 0.15) is 0 Å². The third-order valence-electron chi connectivity index (χ3n) is 4.34. The lowest BCUT2D eigenvalue weighted by molar-refractivity contribution is -0.136. The minimum absolute atomic E-state index is 0.0685. The number of nitrogens with one attached hydrogen (secondary N) is 1. The van der Waals surface area contributed by atoms with Crippen LogP contribution in [0.2, 0.25) is 0 Å². The molecule has 1 N–H and O–H groups in total. The second kappa shape index (κ2) is 8.01. The number of morpholine rings is 1. The highest BCUT2D eigenvalue weighted by molar-refractivity contribution is 6.00. The molecule has 1 saturated heterocycles. The molecule has 5 nitrogen and oxygen atoms in total. The predicted molar refractivity (Wildman–Crippen MR) is 91.0 cm³/mol. The van der Waals surface area contributed by atoms with Crippen molar-refractivity contribution < 1.29 is 22.7 Å². The first-order valence-corrected chi connectivity index (χ1v) is 8.50. The van der Waals surface area contributed by atoms with Crippen LogP contribution in [-0.4, -0.2) is 55.2 Å². The van der Waals surface area contributed by atoms with Crippen LogP contribution >= 0.6 is 0 Å². The lowest BCUT2D eigenvalue weighted by atomic mass is 10.0. The Hall–Kier alpha value is -2.19. The summed E-state index contributed by atoms with van der Waals surface area (Å²) in [5, 5.41) is 2.51. The molecule has 0 unspecified atom stereocenters. The number of fused-ring (bicyclic) bond motifs is 1. The Morgan fingerprint density at radius 1 is 1.23 bits per heavy atom. The second-order valence-electron chi connectivity index (χ2n) is 6.13. The molecule has 3 rings (SSSR count). The largest absolute Gasteiger partial charge is 0.417 e. The Morgan fingerprint density at radius 3 is 2.69 bits per heavy atom. The predicted octanol–water partition coefficient (Wildman–Crippen LogP) is 2.71. The van der Waals surface area contributed by atoms with E-state index in [1.54, 1.807) is 6.07 Å². The van der Waals surface area contributed by atoms with E-state index >= 15 is 0 Å². The minimum atomic E-state index is -4.64. The number of carbonyl (C=O) groups excluding carboxylic acids is 1. The number of amides is 1. The number of rotatable bonds is 5. The number of ether oxygens (including phenoxy) is 1. The van der Waals surface area contributed by atoms with E-state index in [9.17, 15) is 18.0 Å². The zero-order valence-corrected chi connectivity index (χ0v) is 14.2. The molecule has 140 valence electrons. The third-order valence-corrected chi connectivity index (χ3v) is 4.34. The zero-order chi connectivity index (χ0) is 18.6. The van der Waals surface area contributed by atoms with E-state index in [2.05, 4.69) is 15.2 Å². The summed E-state index contributed by atoms with van der Waals surface area (Å²) in [5.41, 5.74) is -1.17. The van der Waals surface area contributed by atoms with Crippen LogP contribution in [0.4, 0.5) is 13.2 Å². The third kappa shape index (κ3) is 4.31. The molecule has 1 aliphatic heterocycles. The van der Waals surface area contributed by atoms with Crippen molar-refractivity contribution in [2.24, 2.45) is 0 Å². The van der Waals surface area contributed by atoms with Crippen molar-refractivity contribution in [2.45, 2.75) is 12.6 Å². The molecule has 0 spiro atoms. The highest BCUT2D eigenvalue weighted by Crippen LogP contribution is 2.36. The standard InChI is InChI=1S/C18H20F3N3O2/c19-18(20,21)16-13-4-1-2-5-15(13)23-12-14(16)17(25)22-6-3-7-24-8-10-26-11-9-24/h1-2,4-5,12H,3,6-11H2,(H,22,25). The Labute approximate surface area is 149 Å². The highest BCUT2D eigenvalue weighted by atomic mass is 19.4. The van der Waals surface area contributed by atoms with Gasteiger partial charge in [-0.15, -0.1) is 0 Å². The maximum atomic E-state index is 13.5. The summed E-state index contributed by atoms with van der Waals surface area (Å²) < 4.78 is 45.9. The molecule has 2 heterocycles. The maximum absolute atomic E-state index is 13.5. The molecule has 26 heavy (non-hydrogen) atoms. The number of nitrogens with zero attached hydrogens (tertiary/aromatic N) is 2. The van der Waals surface area contributed by atoms with E-state index in [-0.39, 0.29) is 10.9 Å². The van der Waals surface area contributed by atoms with Crippen LogP contribution in [-0.2, 0) is 10.9 Å². The summed E-state index contributed by atoms with van der Waals surface area (Å²) in [7, 11) is 0. The molecule has 0 bridgehead atoms. The summed E-state index contributed by atoms with van der Waals surface area (Å²) in [6.45, 7) is 4.11. The molecule has 1 aromatic carbocycles. The number of pyridine rings is 1. The molecule has 1 fully saturated rings. The normalized spacial score (nSPS) is 16.0. The molecular formula is C18H20F3N3O2. The number of hydrogen-bond acceptors (Lipinski definition) is 4. The molecule has 0 aliphatic carbocycles. The van der Waals surface area contributed by atoms with E-state index in [4.69, 9.17) is 4.74 Å². The van der Waals surface area contributed by atoms with Crippen LogP contribution in [0.25, 0.3) is 10.9 Å². The fraction of sp³-hybridized carbons (Fsp3) is 0.444. The Morgan fingerprint density at radius 2 is 1.96 bits per heavy atom. The first kappa shape index (κ1) is 18.6. The Bertz CT molecular complexity index is 774. The lowest BCUT2D eigenvalue weighted by Gasteiger charge is -2.26. The molecule has 1 amide bonds. The van der Waals surface area contributed by atoms with Crippen molar-refractivity contribution in [1.29, 1.82) is 0 Å².